The number of hydrogen-bond acceptors (Lipinski definition) is 1. The second kappa shape index (κ2) is 4.44. The Hall–Kier alpha value is -1.05. The van der Waals surface area contributed by atoms with E-state index in [4.69, 9.17) is 0 Å². The molecular formula is C14H21NO. The van der Waals surface area contributed by atoms with Crippen LogP contribution in [0.4, 0.5) is 0 Å². The predicted octanol–water partition coefficient (Wildman–Crippen LogP) is 2.97. The fourth-order valence-electron chi connectivity index (χ4n) is 2.66. The number of carbonyl (C=O) groups is 1. The van der Waals surface area contributed by atoms with Crippen molar-refractivity contribution in [3.8, 4) is 0 Å². The molecule has 1 amide bonds. The van der Waals surface area contributed by atoms with E-state index in [1.54, 1.807) is 0 Å². The fourth-order valence-corrected chi connectivity index (χ4v) is 2.66. The number of rotatable bonds is 1. The largest absolute Gasteiger partial charge is 0.313 e. The number of carbonyl (C=O) groups excluding carboxylic acids is 1. The van der Waals surface area contributed by atoms with Crippen molar-refractivity contribution in [1.82, 2.24) is 4.90 Å². The topological polar surface area (TPSA) is 20.3 Å². The minimum Gasteiger partial charge on any atom is -0.313 e. The standard InChI is InChI=1S/C12H15NO.C2H6/c1-8-10-5-4-9(7-11(8)10)13-6-2-3-12(13)14;1-2/h4-5,7-8,10-11H,2-3,6H2,1H3;1-2H3. The van der Waals surface area contributed by atoms with Gasteiger partial charge in [0.2, 0.25) is 5.91 Å². The van der Waals surface area contributed by atoms with Gasteiger partial charge in [0, 0.05) is 18.7 Å². The molecule has 1 aliphatic heterocycles. The van der Waals surface area contributed by atoms with Gasteiger partial charge >= 0.3 is 0 Å². The molecule has 3 aliphatic rings. The number of hydrogen-bond donors (Lipinski definition) is 0. The predicted molar refractivity (Wildman–Crippen MR) is 65.7 cm³/mol. The van der Waals surface area contributed by atoms with Crippen molar-refractivity contribution in [2.45, 2.75) is 33.6 Å². The Labute approximate surface area is 98.0 Å². The van der Waals surface area contributed by atoms with Crippen LogP contribution in [0.25, 0.3) is 0 Å². The molecule has 0 aromatic carbocycles. The van der Waals surface area contributed by atoms with Crippen LogP contribution >= 0.6 is 0 Å². The molecule has 0 bridgehead atoms. The third kappa shape index (κ3) is 1.81. The third-order valence-electron chi connectivity index (χ3n) is 3.76. The number of likely N-dealkylation sites (tertiary alicyclic amines) is 1. The molecule has 2 heteroatoms. The van der Waals surface area contributed by atoms with E-state index in [0.29, 0.717) is 11.8 Å². The highest BCUT2D eigenvalue weighted by atomic mass is 16.2. The molecule has 0 aromatic rings. The van der Waals surface area contributed by atoms with Crippen LogP contribution in [-0.4, -0.2) is 17.4 Å². The van der Waals surface area contributed by atoms with Gasteiger partial charge in [-0.1, -0.05) is 32.9 Å². The van der Waals surface area contributed by atoms with Crippen LogP contribution in [0.15, 0.2) is 23.9 Å². The highest BCUT2D eigenvalue weighted by Crippen LogP contribution is 2.51. The van der Waals surface area contributed by atoms with E-state index in [1.165, 1.54) is 0 Å². The average Bonchev–Trinajstić information content (AvgIpc) is 2.76. The Kier molecular flexibility index (Phi) is 3.17. The van der Waals surface area contributed by atoms with Crippen LogP contribution in [0.5, 0.6) is 0 Å². The van der Waals surface area contributed by atoms with E-state index in [2.05, 4.69) is 25.2 Å². The van der Waals surface area contributed by atoms with Gasteiger partial charge < -0.3 is 4.90 Å². The van der Waals surface area contributed by atoms with Crippen molar-refractivity contribution >= 4 is 5.91 Å². The molecule has 0 aromatic heterocycles. The maximum Gasteiger partial charge on any atom is 0.227 e. The SMILES string of the molecule is CC.CC1C2C=CC(N3CCCC3=O)=CC12. The zero-order chi connectivity index (χ0) is 11.7. The number of fused-ring (bicyclic) bond motifs is 1. The quantitative estimate of drug-likeness (QED) is 0.664. The first kappa shape index (κ1) is 11.4. The van der Waals surface area contributed by atoms with Gasteiger partial charge in [-0.15, -0.1) is 0 Å². The summed E-state index contributed by atoms with van der Waals surface area (Å²) in [4.78, 5) is 13.5. The van der Waals surface area contributed by atoms with Gasteiger partial charge in [0.1, 0.15) is 0 Å². The maximum atomic E-state index is 11.5. The Balaban J connectivity index is 0.000000457. The lowest BCUT2D eigenvalue weighted by Gasteiger charge is -2.18. The normalized spacial score (nSPS) is 35.2. The summed E-state index contributed by atoms with van der Waals surface area (Å²) in [5, 5.41) is 0. The van der Waals surface area contributed by atoms with Gasteiger partial charge in [0.15, 0.2) is 0 Å². The van der Waals surface area contributed by atoms with Gasteiger partial charge in [0.25, 0.3) is 0 Å². The van der Waals surface area contributed by atoms with Crippen LogP contribution < -0.4 is 0 Å². The maximum absolute atomic E-state index is 11.5. The Morgan fingerprint density at radius 3 is 2.62 bits per heavy atom. The summed E-state index contributed by atoms with van der Waals surface area (Å²) in [7, 11) is 0. The molecule has 3 unspecified atom stereocenters. The van der Waals surface area contributed by atoms with Gasteiger partial charge in [-0.05, 0) is 30.3 Å². The van der Waals surface area contributed by atoms with Crippen molar-refractivity contribution in [1.29, 1.82) is 0 Å². The van der Waals surface area contributed by atoms with E-state index in [9.17, 15) is 4.79 Å². The highest BCUT2D eigenvalue weighted by Gasteiger charge is 2.45. The van der Waals surface area contributed by atoms with Gasteiger partial charge in [0.05, 0.1) is 0 Å². The van der Waals surface area contributed by atoms with Crippen molar-refractivity contribution in [2.24, 2.45) is 17.8 Å². The van der Waals surface area contributed by atoms with Crippen LogP contribution in [0.3, 0.4) is 0 Å². The van der Waals surface area contributed by atoms with E-state index in [1.807, 2.05) is 18.7 Å². The summed E-state index contributed by atoms with van der Waals surface area (Å²) >= 11 is 0. The smallest absolute Gasteiger partial charge is 0.227 e. The molecule has 3 rings (SSSR count). The van der Waals surface area contributed by atoms with Crippen molar-refractivity contribution < 1.29 is 4.79 Å². The van der Waals surface area contributed by atoms with E-state index >= 15 is 0 Å². The molecule has 16 heavy (non-hydrogen) atoms. The molecule has 0 spiro atoms. The Morgan fingerprint density at radius 1 is 1.31 bits per heavy atom. The second-order valence-corrected chi connectivity index (χ2v) is 4.61. The minimum atomic E-state index is 0.299. The fraction of sp³-hybridized carbons (Fsp3) is 0.643. The monoisotopic (exact) mass is 219 g/mol. The summed E-state index contributed by atoms with van der Waals surface area (Å²) < 4.78 is 0. The van der Waals surface area contributed by atoms with Gasteiger partial charge in [-0.3, -0.25) is 4.79 Å². The highest BCUT2D eigenvalue weighted by molar-refractivity contribution is 5.80. The molecule has 88 valence electrons. The second-order valence-electron chi connectivity index (χ2n) is 4.61. The van der Waals surface area contributed by atoms with Gasteiger partial charge in [-0.2, -0.15) is 0 Å². The summed E-state index contributed by atoms with van der Waals surface area (Å²) in [6.45, 7) is 7.20. The molecule has 2 nitrogen and oxygen atoms in total. The average molecular weight is 219 g/mol. The third-order valence-corrected chi connectivity index (χ3v) is 3.76. The van der Waals surface area contributed by atoms with E-state index < -0.39 is 0 Å². The summed E-state index contributed by atoms with van der Waals surface area (Å²) in [5.41, 5.74) is 1.15. The molecule has 1 heterocycles. The molecular weight excluding hydrogens is 198 g/mol. The van der Waals surface area contributed by atoms with Gasteiger partial charge in [-0.25, -0.2) is 0 Å². The van der Waals surface area contributed by atoms with Crippen molar-refractivity contribution in [3.05, 3.63) is 23.9 Å². The summed E-state index contributed by atoms with van der Waals surface area (Å²) in [5.74, 6) is 2.56. The lowest BCUT2D eigenvalue weighted by molar-refractivity contribution is -0.125. The zero-order valence-electron chi connectivity index (χ0n) is 10.4. The molecule has 1 saturated carbocycles. The van der Waals surface area contributed by atoms with Crippen molar-refractivity contribution in [3.63, 3.8) is 0 Å². The van der Waals surface area contributed by atoms with Crippen LogP contribution in [0.1, 0.15) is 33.6 Å². The van der Waals surface area contributed by atoms with E-state index in [-0.39, 0.29) is 0 Å². The number of nitrogens with zero attached hydrogens (tertiary/aromatic N) is 1. The summed E-state index contributed by atoms with van der Waals surface area (Å²) in [6.07, 6.45) is 8.45. The molecule has 3 atom stereocenters. The molecule has 2 fully saturated rings. The van der Waals surface area contributed by atoms with Crippen molar-refractivity contribution in [2.75, 3.05) is 6.54 Å². The summed E-state index contributed by atoms with van der Waals surface area (Å²) in [6, 6.07) is 0. The lowest BCUT2D eigenvalue weighted by Crippen LogP contribution is -2.23. The first-order valence-electron chi connectivity index (χ1n) is 6.48. The molecule has 2 aliphatic carbocycles. The first-order chi connectivity index (χ1) is 7.77. The minimum absolute atomic E-state index is 0.299. The zero-order valence-corrected chi connectivity index (χ0v) is 10.4. The van der Waals surface area contributed by atoms with Crippen LogP contribution in [-0.2, 0) is 4.79 Å². The Morgan fingerprint density at radius 2 is 2.06 bits per heavy atom. The van der Waals surface area contributed by atoms with E-state index in [0.717, 1.165) is 36.9 Å². The molecule has 0 N–H and O–H groups in total. The lowest BCUT2D eigenvalue weighted by atomic mass is 10.1. The molecule has 1 saturated heterocycles. The Bertz CT molecular complexity index is 343. The first-order valence-corrected chi connectivity index (χ1v) is 6.48. The number of allylic oxidation sites excluding steroid dienone is 3. The van der Waals surface area contributed by atoms with Crippen LogP contribution in [0.2, 0.25) is 0 Å². The molecule has 0 radical (unpaired) electrons. The van der Waals surface area contributed by atoms with Crippen LogP contribution in [0, 0.1) is 17.8 Å². The number of amides is 1.